The molecule has 0 aromatic heterocycles. The van der Waals surface area contributed by atoms with Gasteiger partial charge in [-0.3, -0.25) is 9.59 Å². The number of carbonyl (C=O) groups is 2. The minimum absolute atomic E-state index is 0.00134. The standard InChI is InChI=1S/C21H30Cl2N2O3/c1-14(2)15(3)24-21(27)16-9-11-25(12-10-16)19(26)8-5-13-28-18-7-4-6-17(22)20(18)23/h4,6-7,14-16H,5,8-13H2,1-3H3,(H,24,27). The molecule has 0 radical (unpaired) electrons. The second kappa shape index (κ2) is 10.9. The van der Waals surface area contributed by atoms with E-state index < -0.39 is 0 Å². The molecule has 0 saturated carbocycles. The third kappa shape index (κ3) is 6.56. The predicted octanol–water partition coefficient (Wildman–Crippen LogP) is 4.55. The minimum Gasteiger partial charge on any atom is -0.492 e. The van der Waals surface area contributed by atoms with E-state index in [1.54, 1.807) is 18.2 Å². The van der Waals surface area contributed by atoms with Crippen LogP contribution in [0.5, 0.6) is 5.75 Å². The Bertz CT molecular complexity index is 674. The molecule has 0 aliphatic carbocycles. The van der Waals surface area contributed by atoms with Crippen molar-refractivity contribution in [1.82, 2.24) is 10.2 Å². The number of rotatable bonds is 8. The fourth-order valence-corrected chi connectivity index (χ4v) is 3.41. The zero-order valence-corrected chi connectivity index (χ0v) is 18.4. The number of halogens is 2. The molecule has 156 valence electrons. The average Bonchev–Trinajstić information content (AvgIpc) is 2.68. The highest BCUT2D eigenvalue weighted by Crippen LogP contribution is 2.31. The fourth-order valence-electron chi connectivity index (χ4n) is 3.06. The van der Waals surface area contributed by atoms with E-state index in [0.29, 0.717) is 54.3 Å². The lowest BCUT2D eigenvalue weighted by Crippen LogP contribution is -2.45. The summed E-state index contributed by atoms with van der Waals surface area (Å²) in [5.74, 6) is 1.16. The number of amides is 2. The zero-order valence-electron chi connectivity index (χ0n) is 16.8. The summed E-state index contributed by atoms with van der Waals surface area (Å²) < 4.78 is 5.62. The maximum absolute atomic E-state index is 12.4. The number of piperidine rings is 1. The van der Waals surface area contributed by atoms with Crippen LogP contribution < -0.4 is 10.1 Å². The number of hydrogen-bond acceptors (Lipinski definition) is 3. The topological polar surface area (TPSA) is 58.6 Å². The number of benzene rings is 1. The molecule has 7 heteroatoms. The Labute approximate surface area is 177 Å². The van der Waals surface area contributed by atoms with Crippen molar-refractivity contribution in [2.45, 2.75) is 52.5 Å². The van der Waals surface area contributed by atoms with Crippen molar-refractivity contribution in [2.75, 3.05) is 19.7 Å². The maximum atomic E-state index is 12.4. The lowest BCUT2D eigenvalue weighted by atomic mass is 9.94. The molecule has 1 atom stereocenters. The average molecular weight is 429 g/mol. The summed E-state index contributed by atoms with van der Waals surface area (Å²) in [4.78, 5) is 26.6. The van der Waals surface area contributed by atoms with Crippen molar-refractivity contribution in [3.8, 4) is 5.75 Å². The van der Waals surface area contributed by atoms with E-state index in [-0.39, 0.29) is 23.8 Å². The number of carbonyl (C=O) groups excluding carboxylic acids is 2. The summed E-state index contributed by atoms with van der Waals surface area (Å²) in [6.45, 7) is 7.88. The van der Waals surface area contributed by atoms with Crippen LogP contribution in [0.4, 0.5) is 0 Å². The Kier molecular flexibility index (Phi) is 8.90. The summed E-state index contributed by atoms with van der Waals surface area (Å²) in [7, 11) is 0. The van der Waals surface area contributed by atoms with Gasteiger partial charge in [0.05, 0.1) is 11.6 Å². The lowest BCUT2D eigenvalue weighted by molar-refractivity contribution is -0.136. The number of likely N-dealkylation sites (tertiary alicyclic amines) is 1. The van der Waals surface area contributed by atoms with Gasteiger partial charge in [-0.1, -0.05) is 43.1 Å². The van der Waals surface area contributed by atoms with E-state index in [2.05, 4.69) is 19.2 Å². The third-order valence-electron chi connectivity index (χ3n) is 5.30. The molecule has 1 heterocycles. The van der Waals surface area contributed by atoms with Gasteiger partial charge in [0.25, 0.3) is 0 Å². The van der Waals surface area contributed by atoms with Crippen LogP contribution >= 0.6 is 23.2 Å². The van der Waals surface area contributed by atoms with Crippen LogP contribution in [0.25, 0.3) is 0 Å². The molecule has 1 aliphatic heterocycles. The molecule has 28 heavy (non-hydrogen) atoms. The summed E-state index contributed by atoms with van der Waals surface area (Å²) in [6, 6.07) is 5.40. The van der Waals surface area contributed by atoms with E-state index >= 15 is 0 Å². The van der Waals surface area contributed by atoms with Crippen molar-refractivity contribution >= 4 is 35.0 Å². The van der Waals surface area contributed by atoms with Crippen LogP contribution in [-0.4, -0.2) is 42.5 Å². The first kappa shape index (κ1) is 22.8. The van der Waals surface area contributed by atoms with Crippen molar-refractivity contribution < 1.29 is 14.3 Å². The van der Waals surface area contributed by atoms with E-state index in [0.717, 1.165) is 12.8 Å². The van der Waals surface area contributed by atoms with E-state index in [9.17, 15) is 9.59 Å². The Morgan fingerprint density at radius 3 is 2.54 bits per heavy atom. The van der Waals surface area contributed by atoms with Gasteiger partial charge in [-0.15, -0.1) is 0 Å². The second-order valence-corrected chi connectivity index (χ2v) is 8.49. The van der Waals surface area contributed by atoms with Crippen LogP contribution in [0.15, 0.2) is 18.2 Å². The highest BCUT2D eigenvalue weighted by Gasteiger charge is 2.28. The smallest absolute Gasteiger partial charge is 0.223 e. The van der Waals surface area contributed by atoms with Gasteiger partial charge in [0.15, 0.2) is 0 Å². The Morgan fingerprint density at radius 2 is 1.89 bits per heavy atom. The second-order valence-electron chi connectivity index (χ2n) is 7.70. The summed E-state index contributed by atoms with van der Waals surface area (Å²) in [5, 5.41) is 3.92. The Morgan fingerprint density at radius 1 is 1.21 bits per heavy atom. The largest absolute Gasteiger partial charge is 0.492 e. The lowest BCUT2D eigenvalue weighted by Gasteiger charge is -2.32. The van der Waals surface area contributed by atoms with Crippen molar-refractivity contribution in [1.29, 1.82) is 0 Å². The summed E-state index contributed by atoms with van der Waals surface area (Å²) >= 11 is 12.0. The van der Waals surface area contributed by atoms with Gasteiger partial charge in [-0.05, 0) is 44.2 Å². The van der Waals surface area contributed by atoms with Gasteiger partial charge < -0.3 is 15.0 Å². The molecule has 1 unspecified atom stereocenters. The number of hydrogen-bond donors (Lipinski definition) is 1. The van der Waals surface area contributed by atoms with Gasteiger partial charge in [0, 0.05) is 31.5 Å². The van der Waals surface area contributed by atoms with Crippen LogP contribution in [0.3, 0.4) is 0 Å². The van der Waals surface area contributed by atoms with Crippen molar-refractivity contribution in [3.63, 3.8) is 0 Å². The highest BCUT2D eigenvalue weighted by molar-refractivity contribution is 6.42. The van der Waals surface area contributed by atoms with Crippen LogP contribution in [0.2, 0.25) is 10.0 Å². The first-order valence-electron chi connectivity index (χ1n) is 9.94. The Hall–Kier alpha value is -1.46. The van der Waals surface area contributed by atoms with Gasteiger partial charge in [0.1, 0.15) is 10.8 Å². The zero-order chi connectivity index (χ0) is 20.7. The van der Waals surface area contributed by atoms with E-state index in [1.165, 1.54) is 0 Å². The van der Waals surface area contributed by atoms with Crippen molar-refractivity contribution in [2.24, 2.45) is 11.8 Å². The summed E-state index contributed by atoms with van der Waals surface area (Å²) in [6.07, 6.45) is 2.46. The predicted molar refractivity (Wildman–Crippen MR) is 113 cm³/mol. The monoisotopic (exact) mass is 428 g/mol. The van der Waals surface area contributed by atoms with Gasteiger partial charge >= 0.3 is 0 Å². The Balaban J connectivity index is 1.68. The van der Waals surface area contributed by atoms with Crippen LogP contribution in [0, 0.1) is 11.8 Å². The first-order valence-corrected chi connectivity index (χ1v) is 10.7. The number of nitrogens with zero attached hydrogens (tertiary/aromatic N) is 1. The van der Waals surface area contributed by atoms with E-state index in [1.807, 2.05) is 11.8 Å². The molecule has 2 rings (SSSR count). The quantitative estimate of drug-likeness (QED) is 0.617. The summed E-state index contributed by atoms with van der Waals surface area (Å²) in [5.41, 5.74) is 0. The molecule has 2 amide bonds. The van der Waals surface area contributed by atoms with Crippen LogP contribution in [-0.2, 0) is 9.59 Å². The fraction of sp³-hybridized carbons (Fsp3) is 0.619. The first-order chi connectivity index (χ1) is 13.3. The van der Waals surface area contributed by atoms with Crippen LogP contribution in [0.1, 0.15) is 46.5 Å². The molecule has 1 aliphatic rings. The normalized spacial score (nSPS) is 16.1. The number of ether oxygens (including phenoxy) is 1. The van der Waals surface area contributed by atoms with Gasteiger partial charge in [-0.2, -0.15) is 0 Å². The highest BCUT2D eigenvalue weighted by atomic mass is 35.5. The minimum atomic E-state index is -0.00134. The molecule has 1 fully saturated rings. The van der Waals surface area contributed by atoms with Gasteiger partial charge in [0.2, 0.25) is 11.8 Å². The van der Waals surface area contributed by atoms with Crippen molar-refractivity contribution in [3.05, 3.63) is 28.2 Å². The van der Waals surface area contributed by atoms with E-state index in [4.69, 9.17) is 27.9 Å². The SMILES string of the molecule is CC(C)C(C)NC(=O)C1CCN(C(=O)CCCOc2cccc(Cl)c2Cl)CC1. The van der Waals surface area contributed by atoms with Gasteiger partial charge in [-0.25, -0.2) is 0 Å². The molecule has 1 N–H and O–H groups in total. The molecular weight excluding hydrogens is 399 g/mol. The maximum Gasteiger partial charge on any atom is 0.223 e. The molecular formula is C21H30Cl2N2O3. The third-order valence-corrected chi connectivity index (χ3v) is 6.10. The molecule has 1 saturated heterocycles. The number of nitrogens with one attached hydrogen (secondary N) is 1. The molecule has 0 bridgehead atoms. The molecule has 5 nitrogen and oxygen atoms in total. The molecule has 0 spiro atoms. The molecule has 1 aromatic carbocycles. The molecule has 1 aromatic rings.